The Labute approximate surface area is 97.0 Å². The highest BCUT2D eigenvalue weighted by molar-refractivity contribution is 6.09. The second-order valence-corrected chi connectivity index (χ2v) is 4.28. The van der Waals surface area contributed by atoms with Gasteiger partial charge < -0.3 is 14.6 Å². The molecule has 88 valence electrons. The molecule has 0 spiro atoms. The molecule has 17 heavy (non-hydrogen) atoms. The smallest absolute Gasteiger partial charge is 0.348 e. The summed E-state index contributed by atoms with van der Waals surface area (Å²) in [6.07, 6.45) is 0.248. The zero-order valence-corrected chi connectivity index (χ0v) is 9.10. The molecule has 1 fully saturated rings. The number of benzene rings is 1. The Morgan fingerprint density at radius 2 is 2.35 bits per heavy atom. The molecule has 1 aromatic carbocycles. The van der Waals surface area contributed by atoms with Gasteiger partial charge in [0.15, 0.2) is 5.78 Å². The fourth-order valence-electron chi connectivity index (χ4n) is 2.24. The number of carbonyl (C=O) groups excluding carboxylic acids is 1. The topological polar surface area (TPSA) is 72.8 Å². The first kappa shape index (κ1) is 10.1. The van der Waals surface area contributed by atoms with Crippen molar-refractivity contribution in [2.45, 2.75) is 12.0 Å². The first-order chi connectivity index (χ1) is 8.08. The first-order valence-corrected chi connectivity index (χ1v) is 5.23. The van der Waals surface area contributed by atoms with Gasteiger partial charge >= 0.3 is 5.97 Å². The van der Waals surface area contributed by atoms with Gasteiger partial charge in [-0.3, -0.25) is 4.79 Å². The predicted molar refractivity (Wildman–Crippen MR) is 56.4 cm³/mol. The van der Waals surface area contributed by atoms with Crippen LogP contribution in [0.1, 0.15) is 16.8 Å². The van der Waals surface area contributed by atoms with Crippen molar-refractivity contribution in [3.63, 3.8) is 0 Å². The van der Waals surface area contributed by atoms with E-state index in [0.29, 0.717) is 17.1 Å². The fourth-order valence-corrected chi connectivity index (χ4v) is 2.24. The minimum atomic E-state index is -1.34. The highest BCUT2D eigenvalue weighted by Crippen LogP contribution is 2.54. The first-order valence-electron chi connectivity index (χ1n) is 5.23. The molecular formula is C12H10O5. The number of aliphatic carboxylic acids is 1. The van der Waals surface area contributed by atoms with Gasteiger partial charge in [-0.15, -0.1) is 0 Å². The summed E-state index contributed by atoms with van der Waals surface area (Å²) >= 11 is 0. The van der Waals surface area contributed by atoms with E-state index in [9.17, 15) is 9.59 Å². The van der Waals surface area contributed by atoms with Crippen LogP contribution in [0.5, 0.6) is 11.5 Å². The van der Waals surface area contributed by atoms with Crippen LogP contribution in [0, 0.1) is 5.92 Å². The van der Waals surface area contributed by atoms with Crippen LogP contribution in [0.2, 0.25) is 0 Å². The number of carboxylic acid groups (broad SMARTS) is 1. The summed E-state index contributed by atoms with van der Waals surface area (Å²) in [6, 6.07) is 4.82. The van der Waals surface area contributed by atoms with E-state index < -0.39 is 17.5 Å². The lowest BCUT2D eigenvalue weighted by molar-refractivity contribution is -0.148. The van der Waals surface area contributed by atoms with E-state index in [1.54, 1.807) is 18.2 Å². The number of ketones is 1. The van der Waals surface area contributed by atoms with Crippen LogP contribution in [-0.2, 0) is 4.79 Å². The van der Waals surface area contributed by atoms with Crippen LogP contribution < -0.4 is 9.47 Å². The molecule has 1 saturated carbocycles. The maximum atomic E-state index is 12.0. The number of hydrogen-bond donors (Lipinski definition) is 1. The molecule has 1 N–H and O–H groups in total. The standard InChI is InChI=1S/C12H10O5/c1-16-6-2-3-7-9(4-6)17-12(11(14)15)5-8(12)10(7)13/h2-4,8H,5H2,1H3,(H,14,15)/t8-,12-/m0/s1. The quantitative estimate of drug-likeness (QED) is 0.829. The van der Waals surface area contributed by atoms with Crippen molar-refractivity contribution in [2.24, 2.45) is 5.92 Å². The predicted octanol–water partition coefficient (Wildman–Crippen LogP) is 1.11. The summed E-state index contributed by atoms with van der Waals surface area (Å²) in [7, 11) is 1.50. The van der Waals surface area contributed by atoms with E-state index in [1.165, 1.54) is 7.11 Å². The zero-order valence-electron chi connectivity index (χ0n) is 9.10. The summed E-state index contributed by atoms with van der Waals surface area (Å²) in [5.74, 6) is -0.941. The lowest BCUT2D eigenvalue weighted by Crippen LogP contribution is -2.37. The zero-order chi connectivity index (χ0) is 12.2. The van der Waals surface area contributed by atoms with Crippen LogP contribution in [0.3, 0.4) is 0 Å². The van der Waals surface area contributed by atoms with E-state index in [4.69, 9.17) is 14.6 Å². The van der Waals surface area contributed by atoms with Gasteiger partial charge in [-0.1, -0.05) is 0 Å². The number of carbonyl (C=O) groups is 2. The highest BCUT2D eigenvalue weighted by atomic mass is 16.5. The third kappa shape index (κ3) is 1.19. The van der Waals surface area contributed by atoms with Crippen molar-refractivity contribution in [2.75, 3.05) is 7.11 Å². The molecule has 0 amide bonds. The summed E-state index contributed by atoms with van der Waals surface area (Å²) in [6.45, 7) is 0. The summed E-state index contributed by atoms with van der Waals surface area (Å²) in [5, 5.41) is 9.10. The molecular weight excluding hydrogens is 224 g/mol. The number of hydrogen-bond acceptors (Lipinski definition) is 4. The summed E-state index contributed by atoms with van der Waals surface area (Å²) < 4.78 is 10.5. The van der Waals surface area contributed by atoms with Crippen molar-refractivity contribution in [3.05, 3.63) is 23.8 Å². The molecule has 0 saturated heterocycles. The van der Waals surface area contributed by atoms with Crippen LogP contribution >= 0.6 is 0 Å². The number of fused-ring (bicyclic) bond motifs is 2. The lowest BCUT2D eigenvalue weighted by Gasteiger charge is -2.22. The van der Waals surface area contributed by atoms with Gasteiger partial charge in [0, 0.05) is 12.5 Å². The van der Waals surface area contributed by atoms with Crippen LogP contribution in [0.25, 0.3) is 0 Å². The van der Waals surface area contributed by atoms with E-state index >= 15 is 0 Å². The number of rotatable bonds is 2. The maximum absolute atomic E-state index is 12.0. The molecule has 1 heterocycles. The molecule has 0 aromatic heterocycles. The molecule has 0 unspecified atom stereocenters. The Morgan fingerprint density at radius 3 is 3.00 bits per heavy atom. The Morgan fingerprint density at radius 1 is 1.59 bits per heavy atom. The molecule has 0 radical (unpaired) electrons. The van der Waals surface area contributed by atoms with E-state index in [-0.39, 0.29) is 12.2 Å². The van der Waals surface area contributed by atoms with Gasteiger partial charge in [0.2, 0.25) is 5.60 Å². The van der Waals surface area contributed by atoms with Crippen molar-refractivity contribution < 1.29 is 24.2 Å². The van der Waals surface area contributed by atoms with Gasteiger partial charge in [-0.2, -0.15) is 0 Å². The molecule has 1 aromatic rings. The molecule has 5 nitrogen and oxygen atoms in total. The van der Waals surface area contributed by atoms with Crippen molar-refractivity contribution in [1.82, 2.24) is 0 Å². The van der Waals surface area contributed by atoms with Gasteiger partial charge in [0.25, 0.3) is 0 Å². The highest BCUT2D eigenvalue weighted by Gasteiger charge is 2.69. The van der Waals surface area contributed by atoms with Crippen LogP contribution in [0.4, 0.5) is 0 Å². The van der Waals surface area contributed by atoms with Gasteiger partial charge in [-0.05, 0) is 12.1 Å². The molecule has 1 aliphatic heterocycles. The SMILES string of the molecule is COc1ccc2c(c1)O[C@@]1(C(=O)O)C[C@H]1C2=O. The fraction of sp³-hybridized carbons (Fsp3) is 0.333. The van der Waals surface area contributed by atoms with Crippen LogP contribution in [0.15, 0.2) is 18.2 Å². The molecule has 1 aliphatic carbocycles. The van der Waals surface area contributed by atoms with E-state index in [2.05, 4.69) is 0 Å². The second kappa shape index (κ2) is 3.00. The third-order valence-electron chi connectivity index (χ3n) is 3.33. The van der Waals surface area contributed by atoms with Crippen LogP contribution in [-0.4, -0.2) is 29.6 Å². The normalized spacial score (nSPS) is 28.8. The molecule has 2 atom stereocenters. The Bertz CT molecular complexity index is 536. The number of ether oxygens (including phenoxy) is 2. The lowest BCUT2D eigenvalue weighted by atomic mass is 10.0. The van der Waals surface area contributed by atoms with Crippen molar-refractivity contribution in [1.29, 1.82) is 0 Å². The van der Waals surface area contributed by atoms with Crippen molar-refractivity contribution >= 4 is 11.8 Å². The van der Waals surface area contributed by atoms with Gasteiger partial charge in [0.05, 0.1) is 18.6 Å². The number of Topliss-reactive ketones (excluding diaryl/α,β-unsaturated/α-hetero) is 1. The molecule has 5 heteroatoms. The average molecular weight is 234 g/mol. The number of carboxylic acids is 1. The second-order valence-electron chi connectivity index (χ2n) is 4.28. The Hall–Kier alpha value is -2.04. The van der Waals surface area contributed by atoms with Gasteiger partial charge in [0.1, 0.15) is 11.5 Å². The Balaban J connectivity index is 2.08. The van der Waals surface area contributed by atoms with E-state index in [0.717, 1.165) is 0 Å². The summed E-state index contributed by atoms with van der Waals surface area (Å²) in [4.78, 5) is 23.1. The average Bonchev–Trinajstić information content (AvgIpc) is 3.05. The molecule has 0 bridgehead atoms. The Kier molecular flexibility index (Phi) is 1.79. The molecule has 3 rings (SSSR count). The molecule has 2 aliphatic rings. The largest absolute Gasteiger partial charge is 0.497 e. The monoisotopic (exact) mass is 234 g/mol. The minimum Gasteiger partial charge on any atom is -0.497 e. The van der Waals surface area contributed by atoms with Gasteiger partial charge in [-0.25, -0.2) is 4.79 Å². The number of methoxy groups -OCH3 is 1. The maximum Gasteiger partial charge on any atom is 0.348 e. The minimum absolute atomic E-state index is 0.156. The third-order valence-corrected chi connectivity index (χ3v) is 3.33. The van der Waals surface area contributed by atoms with Crippen molar-refractivity contribution in [3.8, 4) is 11.5 Å². The summed E-state index contributed by atoms with van der Waals surface area (Å²) in [5.41, 5.74) is -0.902. The van der Waals surface area contributed by atoms with E-state index in [1.807, 2.05) is 0 Å².